The summed E-state index contributed by atoms with van der Waals surface area (Å²) in [6.45, 7) is 3.05. The average Bonchev–Trinajstić information content (AvgIpc) is 2.55. The summed E-state index contributed by atoms with van der Waals surface area (Å²) in [5.74, 6) is 1.05. The van der Waals surface area contributed by atoms with E-state index in [1.807, 2.05) is 0 Å². The number of hydrogen-bond donors (Lipinski definition) is 1. The molecule has 3 heteroatoms. The Morgan fingerprint density at radius 1 is 1.73 bits per heavy atom. The van der Waals surface area contributed by atoms with Gasteiger partial charge in [-0.2, -0.15) is 11.3 Å². The van der Waals surface area contributed by atoms with E-state index in [9.17, 15) is 0 Å². The number of aliphatic imine (C=N–C) groups is 1. The zero-order chi connectivity index (χ0) is 7.68. The molecule has 1 aliphatic rings. The number of rotatable bonds is 1. The fourth-order valence-electron chi connectivity index (χ4n) is 1.13. The highest BCUT2D eigenvalue weighted by Gasteiger charge is 2.13. The highest BCUT2D eigenvalue weighted by Crippen LogP contribution is 2.09. The predicted molar refractivity (Wildman–Crippen MR) is 48.3 cm³/mol. The van der Waals surface area contributed by atoms with Crippen molar-refractivity contribution in [3.05, 3.63) is 22.4 Å². The van der Waals surface area contributed by atoms with Gasteiger partial charge in [0, 0.05) is 17.0 Å². The highest BCUT2D eigenvalue weighted by atomic mass is 32.1. The van der Waals surface area contributed by atoms with E-state index >= 15 is 0 Å². The summed E-state index contributed by atoms with van der Waals surface area (Å²) in [6.07, 6.45) is 0. The highest BCUT2D eigenvalue weighted by molar-refractivity contribution is 7.08. The van der Waals surface area contributed by atoms with Crippen LogP contribution in [0.5, 0.6) is 0 Å². The van der Waals surface area contributed by atoms with Crippen molar-refractivity contribution in [1.29, 1.82) is 0 Å². The molecule has 0 radical (unpaired) electrons. The van der Waals surface area contributed by atoms with Gasteiger partial charge in [0.25, 0.3) is 0 Å². The molecule has 1 unspecified atom stereocenters. The monoisotopic (exact) mass is 166 g/mol. The van der Waals surface area contributed by atoms with Crippen LogP contribution in [-0.2, 0) is 0 Å². The van der Waals surface area contributed by atoms with Crippen LogP contribution in [0.3, 0.4) is 0 Å². The van der Waals surface area contributed by atoms with Gasteiger partial charge in [0.15, 0.2) is 0 Å². The van der Waals surface area contributed by atoms with E-state index in [4.69, 9.17) is 0 Å². The number of nitrogens with zero attached hydrogens (tertiary/aromatic N) is 1. The molecule has 0 bridgehead atoms. The number of thiophene rings is 1. The maximum Gasteiger partial charge on any atom is 0.129 e. The number of amidine groups is 1. The summed E-state index contributed by atoms with van der Waals surface area (Å²) >= 11 is 1.71. The lowest BCUT2D eigenvalue weighted by Gasteiger charge is -2.02. The second kappa shape index (κ2) is 2.66. The first-order valence-electron chi connectivity index (χ1n) is 3.70. The van der Waals surface area contributed by atoms with E-state index in [1.165, 1.54) is 5.56 Å². The standard InChI is InChI=1S/C8H10N2S/c1-6-4-9-8(10-6)7-2-3-11-5-7/h2-3,5-6H,4H2,1H3,(H,9,10). The van der Waals surface area contributed by atoms with Crippen LogP contribution in [0.2, 0.25) is 0 Å². The Kier molecular flexibility index (Phi) is 1.66. The van der Waals surface area contributed by atoms with Crippen LogP contribution < -0.4 is 5.32 Å². The predicted octanol–water partition coefficient (Wildman–Crippen LogP) is 1.49. The average molecular weight is 166 g/mol. The quantitative estimate of drug-likeness (QED) is 0.671. The summed E-state index contributed by atoms with van der Waals surface area (Å²) in [5.41, 5.74) is 1.22. The minimum atomic E-state index is 0.505. The molecule has 1 N–H and O–H groups in total. The molecule has 2 rings (SSSR count). The van der Waals surface area contributed by atoms with Crippen molar-refractivity contribution in [2.45, 2.75) is 13.0 Å². The van der Waals surface area contributed by atoms with Gasteiger partial charge in [0.1, 0.15) is 5.84 Å². The summed E-state index contributed by atoms with van der Waals surface area (Å²) < 4.78 is 0. The lowest BCUT2D eigenvalue weighted by Crippen LogP contribution is -2.27. The molecular weight excluding hydrogens is 156 g/mol. The Balaban J connectivity index is 2.19. The maximum atomic E-state index is 4.37. The normalized spacial score (nSPS) is 23.0. The lowest BCUT2D eigenvalue weighted by molar-refractivity contribution is 0.726. The van der Waals surface area contributed by atoms with Gasteiger partial charge in [0.2, 0.25) is 0 Å². The van der Waals surface area contributed by atoms with Crippen molar-refractivity contribution in [2.24, 2.45) is 4.99 Å². The molecule has 58 valence electrons. The Morgan fingerprint density at radius 3 is 3.18 bits per heavy atom. The summed E-state index contributed by atoms with van der Waals surface area (Å²) in [4.78, 5) is 4.37. The fourth-order valence-corrected chi connectivity index (χ4v) is 1.77. The molecule has 2 nitrogen and oxygen atoms in total. The van der Waals surface area contributed by atoms with Crippen LogP contribution in [0.4, 0.5) is 0 Å². The number of nitrogens with one attached hydrogen (secondary N) is 1. The second-order valence-electron chi connectivity index (χ2n) is 2.75. The van der Waals surface area contributed by atoms with Gasteiger partial charge >= 0.3 is 0 Å². The van der Waals surface area contributed by atoms with E-state index in [-0.39, 0.29) is 0 Å². The third kappa shape index (κ3) is 1.28. The summed E-state index contributed by atoms with van der Waals surface area (Å²) in [7, 11) is 0. The van der Waals surface area contributed by atoms with E-state index in [1.54, 1.807) is 11.3 Å². The van der Waals surface area contributed by atoms with Crippen LogP contribution in [0.15, 0.2) is 21.8 Å². The van der Waals surface area contributed by atoms with Gasteiger partial charge in [-0.3, -0.25) is 4.99 Å². The van der Waals surface area contributed by atoms with Crippen molar-refractivity contribution >= 4 is 17.2 Å². The largest absolute Gasteiger partial charge is 0.366 e. The molecule has 0 aliphatic carbocycles. The van der Waals surface area contributed by atoms with E-state index in [0.29, 0.717) is 6.04 Å². The lowest BCUT2D eigenvalue weighted by atomic mass is 10.3. The van der Waals surface area contributed by atoms with Crippen LogP contribution >= 0.6 is 11.3 Å². The van der Waals surface area contributed by atoms with E-state index in [0.717, 1.165) is 12.4 Å². The van der Waals surface area contributed by atoms with Gasteiger partial charge < -0.3 is 5.32 Å². The van der Waals surface area contributed by atoms with Crippen LogP contribution in [0.25, 0.3) is 0 Å². The molecule has 1 atom stereocenters. The smallest absolute Gasteiger partial charge is 0.129 e. The zero-order valence-corrected chi connectivity index (χ0v) is 7.19. The van der Waals surface area contributed by atoms with Crippen molar-refractivity contribution in [3.63, 3.8) is 0 Å². The van der Waals surface area contributed by atoms with Crippen LogP contribution in [0, 0.1) is 0 Å². The Bertz CT molecular complexity index is 264. The molecule has 0 saturated carbocycles. The van der Waals surface area contributed by atoms with Crippen molar-refractivity contribution in [1.82, 2.24) is 5.32 Å². The van der Waals surface area contributed by atoms with Crippen LogP contribution in [-0.4, -0.2) is 18.4 Å². The molecule has 0 spiro atoms. The summed E-state index contributed by atoms with van der Waals surface area (Å²) in [6, 6.07) is 2.60. The third-order valence-corrected chi connectivity index (χ3v) is 2.38. The number of hydrogen-bond acceptors (Lipinski definition) is 3. The van der Waals surface area contributed by atoms with Crippen molar-refractivity contribution in [3.8, 4) is 0 Å². The molecule has 0 aromatic carbocycles. The Hall–Kier alpha value is -0.830. The van der Waals surface area contributed by atoms with Gasteiger partial charge in [-0.1, -0.05) is 0 Å². The molecular formula is C8H10N2S. The molecule has 0 fully saturated rings. The molecule has 1 aromatic rings. The van der Waals surface area contributed by atoms with Crippen molar-refractivity contribution < 1.29 is 0 Å². The molecule has 11 heavy (non-hydrogen) atoms. The van der Waals surface area contributed by atoms with Gasteiger partial charge in [-0.05, 0) is 18.4 Å². The first-order chi connectivity index (χ1) is 5.36. The van der Waals surface area contributed by atoms with Gasteiger partial charge in [-0.15, -0.1) is 0 Å². The van der Waals surface area contributed by atoms with E-state index < -0.39 is 0 Å². The minimum Gasteiger partial charge on any atom is -0.366 e. The Morgan fingerprint density at radius 2 is 2.64 bits per heavy atom. The minimum absolute atomic E-state index is 0.505. The molecule has 2 heterocycles. The molecule has 0 saturated heterocycles. The van der Waals surface area contributed by atoms with E-state index in [2.05, 4.69) is 34.1 Å². The third-order valence-electron chi connectivity index (χ3n) is 1.70. The summed E-state index contributed by atoms with van der Waals surface area (Å²) in [5, 5.41) is 7.50. The van der Waals surface area contributed by atoms with Gasteiger partial charge in [-0.25, -0.2) is 0 Å². The molecule has 0 amide bonds. The van der Waals surface area contributed by atoms with Crippen molar-refractivity contribution in [2.75, 3.05) is 6.54 Å². The second-order valence-corrected chi connectivity index (χ2v) is 3.53. The SMILES string of the molecule is CC1CN=C(c2ccsc2)N1. The Labute approximate surface area is 70.0 Å². The molecule has 1 aromatic heterocycles. The first-order valence-corrected chi connectivity index (χ1v) is 4.64. The molecule has 1 aliphatic heterocycles. The zero-order valence-electron chi connectivity index (χ0n) is 6.37. The first kappa shape index (κ1) is 6.85. The van der Waals surface area contributed by atoms with Crippen LogP contribution in [0.1, 0.15) is 12.5 Å². The topological polar surface area (TPSA) is 24.4 Å². The fraction of sp³-hybridized carbons (Fsp3) is 0.375. The van der Waals surface area contributed by atoms with Gasteiger partial charge in [0.05, 0.1) is 6.54 Å². The maximum absolute atomic E-state index is 4.37.